The molecule has 6 aliphatic carbocycles. The van der Waals surface area contributed by atoms with E-state index in [0.29, 0.717) is 24.8 Å². The molecule has 8 heteroatoms. The largest absolute Gasteiger partial charge is 0.481 e. The third-order valence-electron chi connectivity index (χ3n) is 17.3. The summed E-state index contributed by atoms with van der Waals surface area (Å²) < 4.78 is 6.18. The molecule has 0 aliphatic heterocycles. The normalized spacial score (nSPS) is 38.6. The number of hydrogen-bond acceptors (Lipinski definition) is 6. The Morgan fingerprint density at radius 3 is 2.19 bits per heavy atom. The predicted octanol–water partition coefficient (Wildman–Crippen LogP) is 9.67. The quantitative estimate of drug-likeness (QED) is 0.204. The number of fused-ring (bicyclic) bond motifs is 7. The number of carbonyl (C=O) groups is 3. The fourth-order valence-corrected chi connectivity index (χ4v) is 14.0. The first-order chi connectivity index (χ1) is 25.1. The number of halogens is 1. The number of benzene rings is 1. The van der Waals surface area contributed by atoms with E-state index in [1.54, 1.807) is 13.8 Å². The summed E-state index contributed by atoms with van der Waals surface area (Å²) in [7, 11) is 0. The summed E-state index contributed by atoms with van der Waals surface area (Å²) in [5.41, 5.74) is 1.52. The molecule has 0 unspecified atom stereocenters. The van der Waals surface area contributed by atoms with E-state index in [9.17, 15) is 24.6 Å². The zero-order valence-corrected chi connectivity index (χ0v) is 35.1. The Labute approximate surface area is 328 Å². The fourth-order valence-electron chi connectivity index (χ4n) is 13.9. The van der Waals surface area contributed by atoms with Crippen molar-refractivity contribution in [3.05, 3.63) is 46.0 Å². The van der Waals surface area contributed by atoms with Crippen LogP contribution in [0.25, 0.3) is 0 Å². The second-order valence-corrected chi connectivity index (χ2v) is 21.5. The van der Waals surface area contributed by atoms with Gasteiger partial charge in [0, 0.05) is 34.4 Å². The van der Waals surface area contributed by atoms with Gasteiger partial charge in [0.15, 0.2) is 5.78 Å². The van der Waals surface area contributed by atoms with Crippen LogP contribution < -0.4 is 5.32 Å². The van der Waals surface area contributed by atoms with Gasteiger partial charge in [0.1, 0.15) is 6.10 Å². The number of aliphatic hydroxyl groups is 1. The van der Waals surface area contributed by atoms with Crippen molar-refractivity contribution in [3.63, 3.8) is 0 Å². The Kier molecular flexibility index (Phi) is 9.75. The summed E-state index contributed by atoms with van der Waals surface area (Å²) in [4.78, 5) is 39.0. The second kappa shape index (κ2) is 13.2. The van der Waals surface area contributed by atoms with E-state index >= 15 is 0 Å². The number of carbonyl (C=O) groups excluding carboxylic acids is 2. The lowest BCUT2D eigenvalue weighted by atomic mass is 9.33. The van der Waals surface area contributed by atoms with Crippen LogP contribution in [0.5, 0.6) is 0 Å². The molecule has 7 rings (SSSR count). The number of rotatable bonds is 10. The minimum Gasteiger partial charge on any atom is -0.481 e. The van der Waals surface area contributed by atoms with E-state index < -0.39 is 28.9 Å². The van der Waals surface area contributed by atoms with Crippen LogP contribution in [-0.4, -0.2) is 46.7 Å². The maximum Gasteiger partial charge on any atom is 0.309 e. The molecule has 3 N–H and O–H groups in total. The lowest BCUT2D eigenvalue weighted by Gasteiger charge is -2.72. The molecule has 5 saturated carbocycles. The maximum absolute atomic E-state index is 14.2. The highest BCUT2D eigenvalue weighted by molar-refractivity contribution is 6.30. The molecule has 0 bridgehead atoms. The monoisotopic (exact) mass is 763 g/mol. The third kappa shape index (κ3) is 5.89. The molecule has 298 valence electrons. The molecule has 0 aromatic heterocycles. The Bertz CT molecular complexity index is 1730. The van der Waals surface area contributed by atoms with Crippen molar-refractivity contribution < 1.29 is 29.3 Å². The predicted molar refractivity (Wildman–Crippen MR) is 212 cm³/mol. The molecule has 1 aromatic carbocycles. The van der Waals surface area contributed by atoms with Crippen LogP contribution >= 0.6 is 11.6 Å². The van der Waals surface area contributed by atoms with Gasteiger partial charge in [-0.2, -0.15) is 0 Å². The van der Waals surface area contributed by atoms with Crippen LogP contribution in [0.1, 0.15) is 145 Å². The SMILES string of the molecule is CC(C)C1=C2[C@H]3CC[C@@H]4[C@@]5(C)CC[C@H](OC(=O)CC(C)(C)C(=O)O)C(C)(C)[C@@H]5CC[C@@]4(C)[C@]3(C)CC[C@@]2([C@@H](O)CNC2(c3ccc(Cl)cc3)CC2)CC1=O. The number of nitrogens with one attached hydrogen (secondary N) is 1. The summed E-state index contributed by atoms with van der Waals surface area (Å²) in [6.07, 6.45) is 9.26. The molecular weight excluding hydrogens is 698 g/mol. The van der Waals surface area contributed by atoms with E-state index in [2.05, 4.69) is 65.9 Å². The average molecular weight is 764 g/mol. The van der Waals surface area contributed by atoms with E-state index in [1.807, 2.05) is 12.1 Å². The molecule has 0 heterocycles. The number of ether oxygens (including phenoxy) is 1. The van der Waals surface area contributed by atoms with Gasteiger partial charge in [-0.3, -0.25) is 14.4 Å². The maximum atomic E-state index is 14.2. The first kappa shape index (κ1) is 40.0. The first-order valence-electron chi connectivity index (χ1n) is 21.0. The van der Waals surface area contributed by atoms with Gasteiger partial charge in [0.25, 0.3) is 0 Å². The van der Waals surface area contributed by atoms with Gasteiger partial charge in [-0.05, 0) is 141 Å². The van der Waals surface area contributed by atoms with Gasteiger partial charge in [-0.25, -0.2) is 0 Å². The van der Waals surface area contributed by atoms with Gasteiger partial charge in [0.2, 0.25) is 0 Å². The van der Waals surface area contributed by atoms with Gasteiger partial charge < -0.3 is 20.3 Å². The van der Waals surface area contributed by atoms with Crippen molar-refractivity contribution in [3.8, 4) is 0 Å². The third-order valence-corrected chi connectivity index (χ3v) is 17.5. The van der Waals surface area contributed by atoms with Crippen molar-refractivity contribution in [1.29, 1.82) is 0 Å². The molecular formula is C46H66ClNO6. The molecule has 0 spiro atoms. The highest BCUT2D eigenvalue weighted by atomic mass is 35.5. The summed E-state index contributed by atoms with van der Waals surface area (Å²) in [5, 5.41) is 26.5. The smallest absolute Gasteiger partial charge is 0.309 e. The lowest BCUT2D eigenvalue weighted by molar-refractivity contribution is -0.235. The lowest BCUT2D eigenvalue weighted by Crippen LogP contribution is -2.66. The van der Waals surface area contributed by atoms with Crippen molar-refractivity contribution >= 4 is 29.3 Å². The van der Waals surface area contributed by atoms with Crippen LogP contribution in [0.2, 0.25) is 5.02 Å². The summed E-state index contributed by atoms with van der Waals surface area (Å²) in [6, 6.07) is 8.08. The molecule has 9 atom stereocenters. The Morgan fingerprint density at radius 1 is 0.907 bits per heavy atom. The topological polar surface area (TPSA) is 113 Å². The summed E-state index contributed by atoms with van der Waals surface area (Å²) >= 11 is 6.22. The van der Waals surface area contributed by atoms with Crippen molar-refractivity contribution in [1.82, 2.24) is 5.32 Å². The molecule has 54 heavy (non-hydrogen) atoms. The number of carboxylic acids is 1. The minimum absolute atomic E-state index is 0.0163. The van der Waals surface area contributed by atoms with E-state index in [0.717, 1.165) is 74.8 Å². The highest BCUT2D eigenvalue weighted by Gasteiger charge is 2.71. The van der Waals surface area contributed by atoms with Crippen molar-refractivity contribution in [2.45, 2.75) is 157 Å². The van der Waals surface area contributed by atoms with Crippen molar-refractivity contribution in [2.24, 2.45) is 56.2 Å². The second-order valence-electron chi connectivity index (χ2n) is 21.0. The van der Waals surface area contributed by atoms with Gasteiger partial charge in [-0.1, -0.05) is 77.8 Å². The van der Waals surface area contributed by atoms with Crippen LogP contribution in [0.3, 0.4) is 0 Å². The van der Waals surface area contributed by atoms with Crippen LogP contribution in [0, 0.1) is 56.2 Å². The minimum atomic E-state index is -1.17. The fraction of sp³-hybridized carbons (Fsp3) is 0.761. The van der Waals surface area contributed by atoms with Crippen LogP contribution in [0.15, 0.2) is 35.4 Å². The standard InChI is InChI=1S/C46H66ClNO6/c1-27(2)37-31(49)24-45(34(50)26-48-46(22-23-46)28-10-12-29(47)13-11-28)21-20-43(8)30(38(37)45)14-15-33-42(7)18-17-35(54-36(51)25-40(3,4)39(52)53)41(5,6)32(42)16-19-44(33,43)9/h10-13,27,30,32-35,48,50H,14-26H2,1-9H3,(H,52,53)/t30-,32+,33-,34+,35+,42+,43-,44-,45+/m1/s1. The summed E-state index contributed by atoms with van der Waals surface area (Å²) in [5.74, 6) is 0.0483. The molecule has 5 fully saturated rings. The number of allylic oxidation sites excluding steroid dienone is 1. The number of hydrogen-bond donors (Lipinski definition) is 3. The zero-order valence-electron chi connectivity index (χ0n) is 34.4. The number of carboxylic acid groups (broad SMARTS) is 1. The van der Waals surface area contributed by atoms with Gasteiger partial charge in [0.05, 0.1) is 17.9 Å². The first-order valence-corrected chi connectivity index (χ1v) is 21.4. The Morgan fingerprint density at radius 2 is 1.57 bits per heavy atom. The van der Waals surface area contributed by atoms with E-state index in [1.165, 1.54) is 11.1 Å². The number of aliphatic hydroxyl groups excluding tert-OH is 1. The molecule has 0 saturated heterocycles. The molecule has 0 amide bonds. The Hall–Kier alpha value is -2.22. The van der Waals surface area contributed by atoms with Gasteiger partial charge >= 0.3 is 11.9 Å². The average Bonchev–Trinajstić information content (AvgIpc) is 3.80. The number of aliphatic carboxylic acids is 1. The number of Topliss-reactive ketones (excluding diaryl/α,β-unsaturated/α-hetero) is 1. The number of ketones is 1. The highest BCUT2D eigenvalue weighted by Crippen LogP contribution is 2.77. The van der Waals surface area contributed by atoms with Crippen molar-refractivity contribution in [2.75, 3.05) is 6.54 Å². The van der Waals surface area contributed by atoms with E-state index in [-0.39, 0.29) is 57.3 Å². The molecule has 1 aromatic rings. The molecule has 6 aliphatic rings. The van der Waals surface area contributed by atoms with E-state index in [4.69, 9.17) is 16.3 Å². The zero-order chi connectivity index (χ0) is 39.4. The molecule has 0 radical (unpaired) electrons. The molecule has 7 nitrogen and oxygen atoms in total. The summed E-state index contributed by atoms with van der Waals surface area (Å²) in [6.45, 7) is 20.1. The van der Waals surface area contributed by atoms with Crippen LogP contribution in [0.4, 0.5) is 0 Å². The van der Waals surface area contributed by atoms with Crippen LogP contribution in [-0.2, 0) is 24.7 Å². The Balaban J connectivity index is 1.15. The number of esters is 1. The van der Waals surface area contributed by atoms with Gasteiger partial charge in [-0.15, -0.1) is 0 Å².